The number of para-hydroxylation sites is 3. The number of unbranched alkanes of at least 4 members (excludes halogenated alkanes) is 4. The Hall–Kier alpha value is -6.90. The SMILES string of the molecule is CCCCCC(CCCCC)c1c2cc(-c3ccccc3)ccc2c(N(c2ccccc2)c2ccc3c(c2)c2ccccc2n3-c2ccccc2)c2cc(-c3ccccc3)ccc12. The van der Waals surface area contributed by atoms with E-state index in [0.717, 1.165) is 11.4 Å². The van der Waals surface area contributed by atoms with Gasteiger partial charge in [0, 0.05) is 38.6 Å². The van der Waals surface area contributed by atoms with Crippen molar-refractivity contribution in [3.63, 3.8) is 0 Å². The lowest BCUT2D eigenvalue weighted by molar-refractivity contribution is 0.511. The third kappa shape index (κ3) is 7.80. The van der Waals surface area contributed by atoms with Crippen molar-refractivity contribution in [1.82, 2.24) is 4.57 Å². The first-order valence-electron chi connectivity index (χ1n) is 23.3. The highest BCUT2D eigenvalue weighted by Gasteiger charge is 2.27. The van der Waals surface area contributed by atoms with E-state index in [1.54, 1.807) is 0 Å². The Kier molecular flexibility index (Phi) is 11.6. The Bertz CT molecular complexity index is 3120. The van der Waals surface area contributed by atoms with Gasteiger partial charge in [0.15, 0.2) is 0 Å². The van der Waals surface area contributed by atoms with E-state index in [9.17, 15) is 0 Å². The summed E-state index contributed by atoms with van der Waals surface area (Å²) in [6.07, 6.45) is 9.84. The first-order chi connectivity index (χ1) is 31.2. The van der Waals surface area contributed by atoms with Crippen LogP contribution >= 0.6 is 0 Å². The predicted octanol–water partition coefficient (Wildman–Crippen LogP) is 18.1. The highest BCUT2D eigenvalue weighted by atomic mass is 15.1. The molecule has 1 aromatic heterocycles. The van der Waals surface area contributed by atoms with Crippen LogP contribution in [0.15, 0.2) is 200 Å². The van der Waals surface area contributed by atoms with Gasteiger partial charge in [-0.3, -0.25) is 0 Å². The topological polar surface area (TPSA) is 8.17 Å². The Balaban J connectivity index is 1.31. The van der Waals surface area contributed by atoms with Crippen LogP contribution in [0.4, 0.5) is 17.1 Å². The van der Waals surface area contributed by atoms with Crippen LogP contribution < -0.4 is 4.90 Å². The maximum atomic E-state index is 2.56. The Morgan fingerprint density at radius 3 is 1.56 bits per heavy atom. The van der Waals surface area contributed by atoms with Crippen LogP contribution in [0.1, 0.15) is 76.7 Å². The molecule has 0 atom stereocenters. The van der Waals surface area contributed by atoms with Crippen molar-refractivity contribution in [2.24, 2.45) is 0 Å². The summed E-state index contributed by atoms with van der Waals surface area (Å²) in [6.45, 7) is 4.66. The summed E-state index contributed by atoms with van der Waals surface area (Å²) in [7, 11) is 0. The van der Waals surface area contributed by atoms with Crippen molar-refractivity contribution in [3.05, 3.63) is 206 Å². The van der Waals surface area contributed by atoms with Gasteiger partial charge >= 0.3 is 0 Å². The van der Waals surface area contributed by atoms with Crippen LogP contribution in [0.25, 0.3) is 71.3 Å². The summed E-state index contributed by atoms with van der Waals surface area (Å²) < 4.78 is 2.41. The van der Waals surface area contributed by atoms with Crippen LogP contribution in [0, 0.1) is 0 Å². The first kappa shape index (κ1) is 40.2. The molecule has 0 aliphatic carbocycles. The zero-order valence-electron chi connectivity index (χ0n) is 36.7. The molecule has 0 aliphatic rings. The van der Waals surface area contributed by atoms with Crippen LogP contribution in [0.2, 0.25) is 0 Å². The monoisotopic (exact) mass is 816 g/mol. The lowest BCUT2D eigenvalue weighted by atomic mass is 9.80. The fourth-order valence-electron chi connectivity index (χ4n) is 10.2. The van der Waals surface area contributed by atoms with Crippen molar-refractivity contribution in [2.45, 2.75) is 71.1 Å². The average Bonchev–Trinajstić information content (AvgIpc) is 3.68. The standard InChI is InChI=1S/C61H56N2/c1-3-5-11-27-46(28-12-6-4-2)60-53-38-35-48(45-25-15-8-16-26-45)42-57(53)61(54-39-36-47(41-56(54)60)44-23-13-7-14-24-44)62(49-29-17-9-18-30-49)51-37-40-59-55(43-51)52-33-21-22-34-58(52)63(59)50-31-19-10-20-32-50/h7-10,13-26,29-43,46H,3-6,11-12,27-28H2,1-2H3. The second-order valence-corrected chi connectivity index (χ2v) is 17.3. The minimum Gasteiger partial charge on any atom is -0.309 e. The Morgan fingerprint density at radius 2 is 0.921 bits per heavy atom. The molecule has 10 rings (SSSR count). The van der Waals surface area contributed by atoms with E-state index < -0.39 is 0 Å². The van der Waals surface area contributed by atoms with Crippen molar-refractivity contribution in [1.29, 1.82) is 0 Å². The fraction of sp³-hybridized carbons (Fsp3) is 0.180. The first-order valence-corrected chi connectivity index (χ1v) is 23.3. The summed E-state index contributed by atoms with van der Waals surface area (Å²) in [4.78, 5) is 2.56. The molecule has 310 valence electrons. The molecule has 0 aliphatic heterocycles. The van der Waals surface area contributed by atoms with Crippen LogP contribution in [0.3, 0.4) is 0 Å². The molecule has 0 N–H and O–H groups in total. The molecule has 0 radical (unpaired) electrons. The van der Waals surface area contributed by atoms with E-state index in [4.69, 9.17) is 0 Å². The molecule has 63 heavy (non-hydrogen) atoms. The van der Waals surface area contributed by atoms with E-state index in [0.29, 0.717) is 5.92 Å². The minimum atomic E-state index is 0.446. The van der Waals surface area contributed by atoms with E-state index in [-0.39, 0.29) is 0 Å². The molecule has 1 heterocycles. The van der Waals surface area contributed by atoms with Gasteiger partial charge in [-0.05, 0) is 118 Å². The van der Waals surface area contributed by atoms with Crippen LogP contribution in [-0.4, -0.2) is 4.57 Å². The maximum absolute atomic E-state index is 2.56. The maximum Gasteiger partial charge on any atom is 0.0618 e. The summed E-state index contributed by atoms with van der Waals surface area (Å²) in [5.41, 5.74) is 13.6. The molecule has 0 amide bonds. The third-order valence-corrected chi connectivity index (χ3v) is 13.2. The van der Waals surface area contributed by atoms with Gasteiger partial charge in [0.1, 0.15) is 0 Å². The summed E-state index contributed by atoms with van der Waals surface area (Å²) in [5, 5.41) is 7.79. The minimum absolute atomic E-state index is 0.446. The zero-order chi connectivity index (χ0) is 42.5. The molecule has 2 nitrogen and oxygen atoms in total. The Labute approximate surface area is 373 Å². The highest BCUT2D eigenvalue weighted by molar-refractivity contribution is 6.19. The largest absolute Gasteiger partial charge is 0.309 e. The van der Waals surface area contributed by atoms with Gasteiger partial charge in [-0.15, -0.1) is 0 Å². The van der Waals surface area contributed by atoms with Gasteiger partial charge in [-0.25, -0.2) is 0 Å². The fourth-order valence-corrected chi connectivity index (χ4v) is 10.2. The number of anilines is 3. The number of hydrogen-bond acceptors (Lipinski definition) is 1. The Morgan fingerprint density at radius 1 is 0.381 bits per heavy atom. The van der Waals surface area contributed by atoms with Gasteiger partial charge < -0.3 is 9.47 Å². The van der Waals surface area contributed by atoms with Gasteiger partial charge in [-0.1, -0.05) is 192 Å². The number of benzene rings is 9. The molecule has 0 spiro atoms. The van der Waals surface area contributed by atoms with Gasteiger partial charge in [0.2, 0.25) is 0 Å². The zero-order valence-corrected chi connectivity index (χ0v) is 36.7. The molecular weight excluding hydrogens is 761 g/mol. The second-order valence-electron chi connectivity index (χ2n) is 17.3. The number of nitrogens with zero attached hydrogens (tertiary/aromatic N) is 2. The smallest absolute Gasteiger partial charge is 0.0618 e. The van der Waals surface area contributed by atoms with Gasteiger partial charge in [-0.2, -0.15) is 0 Å². The number of hydrogen-bond donors (Lipinski definition) is 0. The molecule has 0 saturated heterocycles. The summed E-state index contributed by atoms with van der Waals surface area (Å²) >= 11 is 0. The third-order valence-electron chi connectivity index (χ3n) is 13.2. The summed E-state index contributed by atoms with van der Waals surface area (Å²) in [5.74, 6) is 0.446. The molecule has 2 heteroatoms. The van der Waals surface area contributed by atoms with Gasteiger partial charge in [0.25, 0.3) is 0 Å². The lowest BCUT2D eigenvalue weighted by Crippen LogP contribution is -2.13. The average molecular weight is 817 g/mol. The molecule has 10 aromatic rings. The number of rotatable bonds is 15. The summed E-state index contributed by atoms with van der Waals surface area (Å²) in [6, 6.07) is 74.4. The quantitative estimate of drug-likeness (QED) is 0.0739. The van der Waals surface area contributed by atoms with E-state index >= 15 is 0 Å². The van der Waals surface area contributed by atoms with Crippen molar-refractivity contribution >= 4 is 60.4 Å². The van der Waals surface area contributed by atoms with Crippen molar-refractivity contribution in [2.75, 3.05) is 4.90 Å². The molecule has 0 bridgehead atoms. The predicted molar refractivity (Wildman–Crippen MR) is 272 cm³/mol. The molecule has 0 fully saturated rings. The van der Waals surface area contributed by atoms with E-state index in [2.05, 4.69) is 224 Å². The van der Waals surface area contributed by atoms with Crippen LogP contribution in [0.5, 0.6) is 0 Å². The molecule has 0 saturated carbocycles. The van der Waals surface area contributed by atoms with E-state index in [1.165, 1.54) is 134 Å². The normalized spacial score (nSPS) is 11.7. The molecule has 9 aromatic carbocycles. The van der Waals surface area contributed by atoms with Gasteiger partial charge in [0.05, 0.1) is 16.7 Å². The lowest BCUT2D eigenvalue weighted by Gasteiger charge is -2.31. The van der Waals surface area contributed by atoms with Crippen molar-refractivity contribution < 1.29 is 0 Å². The molecule has 0 unspecified atom stereocenters. The highest BCUT2D eigenvalue weighted by Crippen LogP contribution is 2.50. The second kappa shape index (κ2) is 18.2. The molecular formula is C61H56N2. The van der Waals surface area contributed by atoms with E-state index in [1.807, 2.05) is 0 Å². The number of fused-ring (bicyclic) bond motifs is 5. The van der Waals surface area contributed by atoms with Crippen LogP contribution in [-0.2, 0) is 0 Å². The van der Waals surface area contributed by atoms with Crippen molar-refractivity contribution in [3.8, 4) is 27.9 Å². The number of aromatic nitrogens is 1.